The van der Waals surface area contributed by atoms with Crippen molar-refractivity contribution in [1.29, 1.82) is 0 Å². The second-order valence-corrected chi connectivity index (χ2v) is 12.1. The van der Waals surface area contributed by atoms with Crippen molar-refractivity contribution in [3.8, 4) is 0 Å². The third kappa shape index (κ3) is 4.93. The normalized spacial score (nSPS) is 19.3. The lowest BCUT2D eigenvalue weighted by atomic mass is 9.65. The van der Waals surface area contributed by atoms with Crippen molar-refractivity contribution < 1.29 is 9.50 Å². The van der Waals surface area contributed by atoms with Gasteiger partial charge in [0.05, 0.1) is 22.9 Å². The van der Waals surface area contributed by atoms with Gasteiger partial charge in [-0.1, -0.05) is 36.2 Å². The highest BCUT2D eigenvalue weighted by molar-refractivity contribution is 7.99. The smallest absolute Gasteiger partial charge is 0.227 e. The number of aryl methyl sites for hydroxylation is 1. The summed E-state index contributed by atoms with van der Waals surface area (Å²) in [6.07, 6.45) is 6.94. The molecule has 0 atom stereocenters. The van der Waals surface area contributed by atoms with E-state index in [1.165, 1.54) is 5.56 Å². The molecule has 2 aliphatic heterocycles. The Labute approximate surface area is 226 Å². The zero-order valence-corrected chi connectivity index (χ0v) is 22.4. The van der Waals surface area contributed by atoms with Gasteiger partial charge in [-0.15, -0.1) is 11.8 Å². The Morgan fingerprint density at radius 3 is 2.54 bits per heavy atom. The number of rotatable bonds is 6. The third-order valence-corrected chi connectivity index (χ3v) is 9.76. The molecule has 0 spiro atoms. The van der Waals surface area contributed by atoms with Crippen LogP contribution in [0.15, 0.2) is 47.4 Å². The van der Waals surface area contributed by atoms with E-state index in [2.05, 4.69) is 22.3 Å². The molecule has 3 heterocycles. The Morgan fingerprint density at radius 2 is 1.86 bits per heavy atom. The average Bonchev–Trinajstić information content (AvgIpc) is 2.90. The monoisotopic (exact) mass is 538 g/mol. The van der Waals surface area contributed by atoms with E-state index in [1.807, 2.05) is 18.2 Å². The lowest BCUT2D eigenvalue weighted by molar-refractivity contribution is 0.120. The van der Waals surface area contributed by atoms with Crippen molar-refractivity contribution in [2.24, 2.45) is 0 Å². The molecular formula is C29H32ClFN4OS. The van der Waals surface area contributed by atoms with Crippen LogP contribution in [0.25, 0.3) is 0 Å². The first kappa shape index (κ1) is 25.0. The van der Waals surface area contributed by atoms with Crippen LogP contribution in [-0.4, -0.2) is 40.5 Å². The van der Waals surface area contributed by atoms with Crippen LogP contribution in [0, 0.1) is 5.82 Å². The number of hydrogen-bond donors (Lipinski definition) is 2. The zero-order chi connectivity index (χ0) is 25.4. The van der Waals surface area contributed by atoms with Gasteiger partial charge in [0, 0.05) is 23.5 Å². The summed E-state index contributed by atoms with van der Waals surface area (Å²) < 4.78 is 15.3. The van der Waals surface area contributed by atoms with Crippen LogP contribution in [0.5, 0.6) is 0 Å². The highest BCUT2D eigenvalue weighted by Gasteiger charge is 2.38. The molecule has 2 aromatic carbocycles. The topological polar surface area (TPSA) is 61.3 Å². The van der Waals surface area contributed by atoms with E-state index in [1.54, 1.807) is 23.9 Å². The Morgan fingerprint density at radius 1 is 1.08 bits per heavy atom. The highest BCUT2D eigenvalue weighted by atomic mass is 35.5. The summed E-state index contributed by atoms with van der Waals surface area (Å²) in [4.78, 5) is 13.2. The van der Waals surface area contributed by atoms with Crippen molar-refractivity contribution in [3.63, 3.8) is 0 Å². The summed E-state index contributed by atoms with van der Waals surface area (Å²) in [6, 6.07) is 13.5. The first-order valence-corrected chi connectivity index (χ1v) is 14.6. The number of aliphatic hydroxyl groups is 1. The van der Waals surface area contributed by atoms with Gasteiger partial charge in [0.2, 0.25) is 5.95 Å². The van der Waals surface area contributed by atoms with Gasteiger partial charge in [-0.25, -0.2) is 9.37 Å². The maximum Gasteiger partial charge on any atom is 0.227 e. The number of aliphatic hydroxyl groups excluding tert-OH is 1. The van der Waals surface area contributed by atoms with E-state index < -0.39 is 0 Å². The summed E-state index contributed by atoms with van der Waals surface area (Å²) in [7, 11) is 0. The van der Waals surface area contributed by atoms with Crippen LogP contribution in [0.1, 0.15) is 61.3 Å². The molecule has 0 radical (unpaired) electrons. The van der Waals surface area contributed by atoms with E-state index >= 15 is 4.39 Å². The summed E-state index contributed by atoms with van der Waals surface area (Å²) in [5, 5.41) is 14.0. The van der Waals surface area contributed by atoms with Gasteiger partial charge in [-0.2, -0.15) is 4.98 Å². The van der Waals surface area contributed by atoms with Crippen LogP contribution in [0.2, 0.25) is 5.02 Å². The van der Waals surface area contributed by atoms with Crippen LogP contribution in [-0.2, 0) is 11.8 Å². The Bertz CT molecular complexity index is 1270. The lowest BCUT2D eigenvalue weighted by Crippen LogP contribution is -2.37. The number of thioether (sulfide) groups is 1. The summed E-state index contributed by atoms with van der Waals surface area (Å²) in [5.41, 5.74) is 3.39. The number of aromatic nitrogens is 2. The van der Waals surface area contributed by atoms with E-state index in [0.717, 1.165) is 90.9 Å². The van der Waals surface area contributed by atoms with Crippen molar-refractivity contribution in [2.45, 2.75) is 61.2 Å². The maximum atomic E-state index is 15.3. The summed E-state index contributed by atoms with van der Waals surface area (Å²) >= 11 is 7.82. The number of benzene rings is 2. The molecule has 2 N–H and O–H groups in total. The fourth-order valence-corrected chi connectivity index (χ4v) is 6.97. The minimum Gasteiger partial charge on any atom is -0.395 e. The SMILES string of the molecule is OCC1(c2ccc(Nc3nc(N4CCC(c5ccc(Cl)cc5)CC4)nc4c3SCCC4)c(F)c2)CCC1. The minimum atomic E-state index is -0.310. The predicted octanol–water partition coefficient (Wildman–Crippen LogP) is 6.85. The van der Waals surface area contributed by atoms with Gasteiger partial charge in [0.25, 0.3) is 0 Å². The Hall–Kier alpha value is -2.35. The number of piperidine rings is 1. The number of anilines is 3. The molecule has 1 aliphatic carbocycles. The van der Waals surface area contributed by atoms with Gasteiger partial charge >= 0.3 is 0 Å². The van der Waals surface area contributed by atoms with Crippen LogP contribution >= 0.6 is 23.4 Å². The fourth-order valence-electron chi connectivity index (χ4n) is 5.81. The molecular weight excluding hydrogens is 507 g/mol. The largest absolute Gasteiger partial charge is 0.395 e. The molecule has 0 unspecified atom stereocenters. The molecule has 1 saturated heterocycles. The second kappa shape index (κ2) is 10.4. The average molecular weight is 539 g/mol. The quantitative estimate of drug-likeness (QED) is 0.358. The van der Waals surface area contributed by atoms with Crippen LogP contribution < -0.4 is 10.2 Å². The Kier molecular flexibility index (Phi) is 7.03. The number of halogens is 2. The lowest BCUT2D eigenvalue weighted by Gasteiger charge is -2.41. The standard InChI is InChI=1S/C29H32ClFN4OS/c30-22-7-4-19(5-8-22)20-10-14-35(15-11-20)28-33-25-3-1-16-37-26(25)27(34-28)32-24-9-6-21(17-23(24)31)29(18-36)12-2-13-29/h4-9,17,20,36H,1-3,10-16,18H2,(H,32,33,34). The van der Waals surface area contributed by atoms with E-state index in [9.17, 15) is 5.11 Å². The van der Waals surface area contributed by atoms with Gasteiger partial charge in [-0.3, -0.25) is 0 Å². The molecule has 5 nitrogen and oxygen atoms in total. The van der Waals surface area contributed by atoms with Crippen molar-refractivity contribution >= 4 is 40.8 Å². The zero-order valence-electron chi connectivity index (χ0n) is 20.9. The minimum absolute atomic E-state index is 0.0628. The number of hydrogen-bond acceptors (Lipinski definition) is 6. The first-order valence-electron chi connectivity index (χ1n) is 13.3. The molecule has 3 aliphatic rings. The number of fused-ring (bicyclic) bond motifs is 1. The summed E-state index contributed by atoms with van der Waals surface area (Å²) in [6.45, 7) is 1.82. The molecule has 1 saturated carbocycles. The van der Waals surface area contributed by atoms with Gasteiger partial charge in [0.1, 0.15) is 11.6 Å². The molecule has 0 bridgehead atoms. The molecule has 37 heavy (non-hydrogen) atoms. The molecule has 0 amide bonds. The molecule has 6 rings (SSSR count). The maximum absolute atomic E-state index is 15.3. The molecule has 8 heteroatoms. The molecule has 3 aromatic rings. The van der Waals surface area contributed by atoms with E-state index in [-0.39, 0.29) is 17.8 Å². The summed E-state index contributed by atoms with van der Waals surface area (Å²) in [5.74, 6) is 2.62. The van der Waals surface area contributed by atoms with Crippen molar-refractivity contribution in [2.75, 3.05) is 35.7 Å². The molecule has 194 valence electrons. The van der Waals surface area contributed by atoms with Crippen molar-refractivity contribution in [1.82, 2.24) is 9.97 Å². The second-order valence-electron chi connectivity index (χ2n) is 10.5. The van der Waals surface area contributed by atoms with E-state index in [4.69, 9.17) is 21.6 Å². The van der Waals surface area contributed by atoms with Crippen LogP contribution in [0.4, 0.5) is 21.8 Å². The first-order chi connectivity index (χ1) is 18.0. The third-order valence-electron chi connectivity index (χ3n) is 8.30. The number of nitrogens with one attached hydrogen (secondary N) is 1. The van der Waals surface area contributed by atoms with Gasteiger partial charge in [-0.05, 0) is 85.6 Å². The Balaban J connectivity index is 1.23. The molecule has 1 aromatic heterocycles. The highest BCUT2D eigenvalue weighted by Crippen LogP contribution is 2.44. The number of nitrogens with zero attached hydrogens (tertiary/aromatic N) is 3. The van der Waals surface area contributed by atoms with Gasteiger partial charge < -0.3 is 15.3 Å². The van der Waals surface area contributed by atoms with Crippen LogP contribution in [0.3, 0.4) is 0 Å². The fraction of sp³-hybridized carbons (Fsp3) is 0.448. The van der Waals surface area contributed by atoms with E-state index in [0.29, 0.717) is 17.4 Å². The van der Waals surface area contributed by atoms with Crippen molar-refractivity contribution in [3.05, 3.63) is 70.1 Å². The molecule has 2 fully saturated rings. The van der Waals surface area contributed by atoms with Gasteiger partial charge in [0.15, 0.2) is 0 Å². The predicted molar refractivity (Wildman–Crippen MR) is 149 cm³/mol.